The first-order valence-electron chi connectivity index (χ1n) is 10.4. The first kappa shape index (κ1) is 19.5. The van der Waals surface area contributed by atoms with E-state index in [0.29, 0.717) is 18.9 Å². The van der Waals surface area contributed by atoms with Crippen LogP contribution in [0.1, 0.15) is 47.7 Å². The predicted molar refractivity (Wildman–Crippen MR) is 115 cm³/mol. The molecule has 3 N–H and O–H groups in total. The first-order chi connectivity index (χ1) is 14.0. The van der Waals surface area contributed by atoms with Crippen LogP contribution in [0, 0.1) is 12.8 Å². The summed E-state index contributed by atoms with van der Waals surface area (Å²) in [7, 11) is 3.78. The Kier molecular flexibility index (Phi) is 5.30. The second-order valence-electron chi connectivity index (χ2n) is 8.22. The SMILES string of the molecule is Cc1c([C@H]2[C@H](CN=C(N)Nc3cccc4c3CCCC4)CC(=O)N2C)cnn1C. The molecule has 29 heavy (non-hydrogen) atoms. The molecule has 1 fully saturated rings. The van der Waals surface area contributed by atoms with Crippen LogP contribution in [-0.4, -0.2) is 40.1 Å². The average Bonchev–Trinajstić information content (AvgIpc) is 3.19. The molecule has 2 heterocycles. The maximum absolute atomic E-state index is 12.4. The van der Waals surface area contributed by atoms with Crippen LogP contribution in [0.5, 0.6) is 0 Å². The quantitative estimate of drug-likeness (QED) is 0.616. The smallest absolute Gasteiger partial charge is 0.223 e. The van der Waals surface area contributed by atoms with E-state index in [1.54, 1.807) is 0 Å². The number of aromatic nitrogens is 2. The molecule has 0 bridgehead atoms. The number of nitrogens with zero attached hydrogens (tertiary/aromatic N) is 4. The standard InChI is InChI=1S/C22H30N6O/c1-14-18(13-25-28(14)3)21-16(11-20(29)27(21)2)12-24-22(23)26-19-10-6-8-15-7-4-5-9-17(15)19/h6,8,10,13,16,21H,4-5,7,9,11-12H2,1-3H3,(H3,23,24,26)/t16-,21+/m0/s1. The molecule has 0 radical (unpaired) electrons. The highest BCUT2D eigenvalue weighted by Crippen LogP contribution is 2.38. The van der Waals surface area contributed by atoms with E-state index in [0.717, 1.165) is 29.8 Å². The van der Waals surface area contributed by atoms with Gasteiger partial charge in [0, 0.05) is 49.9 Å². The molecule has 1 aromatic carbocycles. The van der Waals surface area contributed by atoms with Crippen LogP contribution in [0.3, 0.4) is 0 Å². The fraction of sp³-hybridized carbons (Fsp3) is 0.500. The van der Waals surface area contributed by atoms with E-state index in [-0.39, 0.29) is 17.9 Å². The molecule has 7 nitrogen and oxygen atoms in total. The third-order valence-electron chi connectivity index (χ3n) is 6.44. The number of likely N-dealkylation sites (tertiary alicyclic amines) is 1. The number of aryl methyl sites for hydroxylation is 2. The number of guanidine groups is 1. The summed E-state index contributed by atoms with van der Waals surface area (Å²) in [5.41, 5.74) is 12.2. The molecule has 7 heteroatoms. The number of hydrogen-bond donors (Lipinski definition) is 2. The lowest BCUT2D eigenvalue weighted by Gasteiger charge is -2.24. The van der Waals surface area contributed by atoms with Gasteiger partial charge in [0.2, 0.25) is 5.91 Å². The predicted octanol–water partition coefficient (Wildman–Crippen LogP) is 2.55. The van der Waals surface area contributed by atoms with Gasteiger partial charge in [0.1, 0.15) is 0 Å². The normalized spacial score (nSPS) is 22.1. The Morgan fingerprint density at radius 3 is 2.86 bits per heavy atom. The maximum atomic E-state index is 12.4. The van der Waals surface area contributed by atoms with Crippen molar-refractivity contribution in [2.75, 3.05) is 18.9 Å². The van der Waals surface area contributed by atoms with Crippen LogP contribution < -0.4 is 11.1 Å². The number of aliphatic imine (C=N–C) groups is 1. The molecule has 2 aromatic rings. The molecule has 1 amide bonds. The monoisotopic (exact) mass is 394 g/mol. The van der Waals surface area contributed by atoms with Gasteiger partial charge in [0.25, 0.3) is 0 Å². The number of benzene rings is 1. The summed E-state index contributed by atoms with van der Waals surface area (Å²) in [6, 6.07) is 6.33. The molecule has 2 aliphatic rings. The molecule has 1 aliphatic carbocycles. The van der Waals surface area contributed by atoms with Crippen molar-refractivity contribution in [1.82, 2.24) is 14.7 Å². The average molecular weight is 395 g/mol. The van der Waals surface area contributed by atoms with Gasteiger partial charge in [-0.1, -0.05) is 12.1 Å². The van der Waals surface area contributed by atoms with Crippen LogP contribution in [0.2, 0.25) is 0 Å². The number of amides is 1. The van der Waals surface area contributed by atoms with E-state index in [1.807, 2.05) is 36.8 Å². The summed E-state index contributed by atoms with van der Waals surface area (Å²) < 4.78 is 1.85. The van der Waals surface area contributed by atoms with Gasteiger partial charge in [-0.25, -0.2) is 0 Å². The van der Waals surface area contributed by atoms with E-state index >= 15 is 0 Å². The van der Waals surface area contributed by atoms with E-state index in [1.165, 1.54) is 24.0 Å². The summed E-state index contributed by atoms with van der Waals surface area (Å²) in [6.07, 6.45) is 7.02. The molecular weight excluding hydrogens is 364 g/mol. The number of carbonyl (C=O) groups is 1. The summed E-state index contributed by atoms with van der Waals surface area (Å²) in [4.78, 5) is 18.8. The van der Waals surface area contributed by atoms with Crippen LogP contribution in [-0.2, 0) is 24.7 Å². The second kappa shape index (κ2) is 7.89. The number of hydrogen-bond acceptors (Lipinski definition) is 3. The summed E-state index contributed by atoms with van der Waals surface area (Å²) >= 11 is 0. The Bertz CT molecular complexity index is 947. The van der Waals surface area contributed by atoms with Gasteiger partial charge in [-0.2, -0.15) is 5.10 Å². The highest BCUT2D eigenvalue weighted by atomic mass is 16.2. The Morgan fingerprint density at radius 1 is 1.31 bits per heavy atom. The Morgan fingerprint density at radius 2 is 2.10 bits per heavy atom. The third kappa shape index (κ3) is 3.73. The van der Waals surface area contributed by atoms with Gasteiger partial charge >= 0.3 is 0 Å². The van der Waals surface area contributed by atoms with Crippen molar-refractivity contribution < 1.29 is 4.79 Å². The number of nitrogens with one attached hydrogen (secondary N) is 1. The molecule has 0 spiro atoms. The maximum Gasteiger partial charge on any atom is 0.223 e. The van der Waals surface area contributed by atoms with E-state index in [2.05, 4.69) is 33.6 Å². The molecule has 154 valence electrons. The lowest BCUT2D eigenvalue weighted by Crippen LogP contribution is -2.27. The van der Waals surface area contributed by atoms with Gasteiger partial charge in [0.05, 0.1) is 12.2 Å². The van der Waals surface area contributed by atoms with Crippen molar-refractivity contribution >= 4 is 17.6 Å². The van der Waals surface area contributed by atoms with E-state index in [4.69, 9.17) is 5.73 Å². The molecule has 2 atom stereocenters. The fourth-order valence-corrected chi connectivity index (χ4v) is 4.68. The van der Waals surface area contributed by atoms with Crippen molar-refractivity contribution in [3.8, 4) is 0 Å². The van der Waals surface area contributed by atoms with Gasteiger partial charge in [0.15, 0.2) is 5.96 Å². The van der Waals surface area contributed by atoms with Crippen LogP contribution in [0.15, 0.2) is 29.4 Å². The molecule has 1 aromatic heterocycles. The molecule has 1 saturated heterocycles. The van der Waals surface area contributed by atoms with Crippen LogP contribution in [0.25, 0.3) is 0 Å². The molecular formula is C22H30N6O. The Balaban J connectivity index is 1.50. The lowest BCUT2D eigenvalue weighted by atomic mass is 9.90. The number of anilines is 1. The summed E-state index contributed by atoms with van der Waals surface area (Å²) in [6.45, 7) is 2.54. The van der Waals surface area contributed by atoms with Crippen LogP contribution >= 0.6 is 0 Å². The van der Waals surface area contributed by atoms with Crippen LogP contribution in [0.4, 0.5) is 5.69 Å². The minimum absolute atomic E-state index is 0.0164. The molecule has 1 aliphatic heterocycles. The zero-order valence-corrected chi connectivity index (χ0v) is 17.5. The van der Waals surface area contributed by atoms with Crippen molar-refractivity contribution in [2.24, 2.45) is 23.7 Å². The molecule has 0 unspecified atom stereocenters. The largest absolute Gasteiger partial charge is 0.370 e. The molecule has 0 saturated carbocycles. The Hall–Kier alpha value is -2.83. The molecule has 4 rings (SSSR count). The highest BCUT2D eigenvalue weighted by Gasteiger charge is 2.39. The zero-order chi connectivity index (χ0) is 20.5. The van der Waals surface area contributed by atoms with Crippen molar-refractivity contribution in [1.29, 1.82) is 0 Å². The van der Waals surface area contributed by atoms with Crippen molar-refractivity contribution in [2.45, 2.75) is 45.1 Å². The summed E-state index contributed by atoms with van der Waals surface area (Å²) in [5, 5.41) is 7.65. The zero-order valence-electron chi connectivity index (χ0n) is 17.5. The van der Waals surface area contributed by atoms with E-state index < -0.39 is 0 Å². The van der Waals surface area contributed by atoms with Crippen molar-refractivity contribution in [3.63, 3.8) is 0 Å². The minimum atomic E-state index is -0.0164. The highest BCUT2D eigenvalue weighted by molar-refractivity contribution is 5.93. The second-order valence-corrected chi connectivity index (χ2v) is 8.22. The van der Waals surface area contributed by atoms with Gasteiger partial charge < -0.3 is 16.0 Å². The van der Waals surface area contributed by atoms with Gasteiger partial charge in [-0.3, -0.25) is 14.5 Å². The van der Waals surface area contributed by atoms with Gasteiger partial charge in [-0.05, 0) is 49.8 Å². The minimum Gasteiger partial charge on any atom is -0.370 e. The fourth-order valence-electron chi connectivity index (χ4n) is 4.68. The summed E-state index contributed by atoms with van der Waals surface area (Å²) in [5.74, 6) is 0.634. The third-order valence-corrected chi connectivity index (χ3v) is 6.44. The first-order valence-corrected chi connectivity index (χ1v) is 10.4. The number of fused-ring (bicyclic) bond motifs is 1. The number of nitrogens with two attached hydrogens (primary N) is 1. The Labute approximate surface area is 172 Å². The van der Waals surface area contributed by atoms with Crippen molar-refractivity contribution in [3.05, 3.63) is 46.8 Å². The topological polar surface area (TPSA) is 88.5 Å². The van der Waals surface area contributed by atoms with E-state index in [9.17, 15) is 4.79 Å². The number of carbonyl (C=O) groups excluding carboxylic acids is 1. The van der Waals surface area contributed by atoms with Gasteiger partial charge in [-0.15, -0.1) is 0 Å². The lowest BCUT2D eigenvalue weighted by molar-refractivity contribution is -0.127. The number of rotatable bonds is 4.